The van der Waals surface area contributed by atoms with Crippen LogP contribution in [0.1, 0.15) is 17.5 Å². The third-order valence-corrected chi connectivity index (χ3v) is 5.05. The highest BCUT2D eigenvalue weighted by Crippen LogP contribution is 2.41. The molecule has 1 N–H and O–H groups in total. The Morgan fingerprint density at radius 1 is 1.19 bits per heavy atom. The molecule has 1 amide bonds. The first-order valence-electron chi connectivity index (χ1n) is 8.75. The number of pyridine rings is 1. The molecule has 0 bridgehead atoms. The van der Waals surface area contributed by atoms with Crippen molar-refractivity contribution < 1.29 is 14.3 Å². The predicted octanol–water partition coefficient (Wildman–Crippen LogP) is 4.27. The van der Waals surface area contributed by atoms with Crippen molar-refractivity contribution in [1.82, 2.24) is 10.3 Å². The van der Waals surface area contributed by atoms with E-state index in [1.165, 1.54) is 0 Å². The highest BCUT2D eigenvalue weighted by atomic mass is 35.5. The van der Waals surface area contributed by atoms with Crippen LogP contribution in [0.4, 0.5) is 0 Å². The first kappa shape index (κ1) is 17.6. The summed E-state index contributed by atoms with van der Waals surface area (Å²) < 4.78 is 10.8. The number of carbonyl (C=O) groups is 1. The van der Waals surface area contributed by atoms with E-state index >= 15 is 0 Å². The molecule has 0 unspecified atom stereocenters. The number of carbonyl (C=O) groups excluding carboxylic acids is 1. The lowest BCUT2D eigenvalue weighted by atomic mass is 10.0. The molecule has 0 aliphatic carbocycles. The highest BCUT2D eigenvalue weighted by Gasteiger charge is 2.18. The fourth-order valence-electron chi connectivity index (χ4n) is 3.24. The van der Waals surface area contributed by atoms with Crippen molar-refractivity contribution in [2.75, 3.05) is 13.8 Å². The van der Waals surface area contributed by atoms with Crippen LogP contribution in [0.3, 0.4) is 0 Å². The van der Waals surface area contributed by atoms with E-state index < -0.39 is 0 Å². The third kappa shape index (κ3) is 3.43. The number of ether oxygens (including phenoxy) is 2. The Labute approximate surface area is 162 Å². The maximum absolute atomic E-state index is 11.5. The Morgan fingerprint density at radius 2 is 1.96 bits per heavy atom. The lowest BCUT2D eigenvalue weighted by molar-refractivity contribution is -0.120. The van der Waals surface area contributed by atoms with Crippen molar-refractivity contribution in [1.29, 1.82) is 0 Å². The Morgan fingerprint density at radius 3 is 2.74 bits per heavy atom. The van der Waals surface area contributed by atoms with Crippen LogP contribution in [0.2, 0.25) is 5.02 Å². The lowest BCUT2D eigenvalue weighted by Crippen LogP contribution is -2.17. The second-order valence-electron chi connectivity index (χ2n) is 6.53. The minimum atomic E-state index is 0.0279. The normalized spacial score (nSPS) is 12.4. The monoisotopic (exact) mass is 382 g/mol. The van der Waals surface area contributed by atoms with Gasteiger partial charge in [0.05, 0.1) is 16.2 Å². The zero-order valence-electron chi connectivity index (χ0n) is 15.1. The van der Waals surface area contributed by atoms with Crippen molar-refractivity contribution in [3.63, 3.8) is 0 Å². The van der Waals surface area contributed by atoms with Crippen LogP contribution >= 0.6 is 11.6 Å². The SMILES string of the molecule is CNC(=O)CCc1ccc2c(C)cc(-c3cc4c(cc3Cl)OCO4)nc2c1. The summed E-state index contributed by atoms with van der Waals surface area (Å²) in [6.07, 6.45) is 1.13. The topological polar surface area (TPSA) is 60.5 Å². The number of aromatic nitrogens is 1. The average molecular weight is 383 g/mol. The van der Waals surface area contributed by atoms with Gasteiger partial charge in [0.1, 0.15) is 0 Å². The maximum atomic E-state index is 11.5. The number of amides is 1. The Bertz CT molecular complexity index is 1050. The molecule has 3 aromatic rings. The van der Waals surface area contributed by atoms with Gasteiger partial charge in [-0.3, -0.25) is 4.79 Å². The highest BCUT2D eigenvalue weighted by molar-refractivity contribution is 6.33. The number of fused-ring (bicyclic) bond motifs is 2. The van der Waals surface area contributed by atoms with Gasteiger partial charge in [0.25, 0.3) is 0 Å². The van der Waals surface area contributed by atoms with Crippen molar-refractivity contribution in [3.8, 4) is 22.8 Å². The molecule has 1 aliphatic rings. The van der Waals surface area contributed by atoms with E-state index in [0.29, 0.717) is 29.4 Å². The smallest absolute Gasteiger partial charge is 0.231 e. The van der Waals surface area contributed by atoms with Crippen LogP contribution < -0.4 is 14.8 Å². The molecule has 0 radical (unpaired) electrons. The van der Waals surface area contributed by atoms with Crippen LogP contribution in [0.15, 0.2) is 36.4 Å². The average Bonchev–Trinajstić information content (AvgIpc) is 3.12. The number of aryl methyl sites for hydroxylation is 2. The summed E-state index contributed by atoms with van der Waals surface area (Å²) in [5.74, 6) is 1.35. The van der Waals surface area contributed by atoms with Crippen molar-refractivity contribution >= 4 is 28.4 Å². The fraction of sp³-hybridized carbons (Fsp3) is 0.238. The van der Waals surface area contributed by atoms with Crippen molar-refractivity contribution in [3.05, 3.63) is 52.5 Å². The second kappa shape index (κ2) is 7.08. The first-order valence-corrected chi connectivity index (χ1v) is 9.13. The first-order chi connectivity index (χ1) is 13.0. The second-order valence-corrected chi connectivity index (χ2v) is 6.94. The van der Waals surface area contributed by atoms with Crippen LogP contribution in [-0.2, 0) is 11.2 Å². The van der Waals surface area contributed by atoms with Gasteiger partial charge in [0.2, 0.25) is 12.7 Å². The number of nitrogens with one attached hydrogen (secondary N) is 1. The van der Waals surface area contributed by atoms with Gasteiger partial charge in [-0.25, -0.2) is 4.98 Å². The van der Waals surface area contributed by atoms with Gasteiger partial charge < -0.3 is 14.8 Å². The maximum Gasteiger partial charge on any atom is 0.231 e. The molecule has 2 aromatic carbocycles. The fourth-order valence-corrected chi connectivity index (χ4v) is 3.49. The lowest BCUT2D eigenvalue weighted by Gasteiger charge is -2.10. The van der Waals surface area contributed by atoms with E-state index in [1.807, 2.05) is 24.3 Å². The number of hydrogen-bond acceptors (Lipinski definition) is 4. The number of benzene rings is 2. The molecule has 0 saturated heterocycles. The number of rotatable bonds is 4. The van der Waals surface area contributed by atoms with Gasteiger partial charge in [-0.2, -0.15) is 0 Å². The van der Waals surface area contributed by atoms with Crippen molar-refractivity contribution in [2.45, 2.75) is 19.8 Å². The van der Waals surface area contributed by atoms with Crippen LogP contribution in [0, 0.1) is 6.92 Å². The van der Waals surface area contributed by atoms with Crippen molar-refractivity contribution in [2.24, 2.45) is 0 Å². The molecule has 4 rings (SSSR count). The largest absolute Gasteiger partial charge is 0.454 e. The van der Waals surface area contributed by atoms with Gasteiger partial charge in [0, 0.05) is 30.5 Å². The molecule has 0 spiro atoms. The molecule has 0 fully saturated rings. The van der Waals surface area contributed by atoms with E-state index in [1.54, 1.807) is 13.1 Å². The van der Waals surface area contributed by atoms with Gasteiger partial charge in [-0.05, 0) is 42.7 Å². The summed E-state index contributed by atoms with van der Waals surface area (Å²) in [5.41, 5.74) is 4.66. The predicted molar refractivity (Wildman–Crippen MR) is 105 cm³/mol. The van der Waals surface area contributed by atoms with Crippen LogP contribution in [-0.4, -0.2) is 24.7 Å². The molecule has 0 saturated carbocycles. The molecule has 1 aliphatic heterocycles. The van der Waals surface area contributed by atoms with Crippen LogP contribution in [0.25, 0.3) is 22.2 Å². The van der Waals surface area contributed by atoms with E-state index in [2.05, 4.69) is 18.3 Å². The summed E-state index contributed by atoms with van der Waals surface area (Å²) in [6, 6.07) is 11.8. The van der Waals surface area contributed by atoms with E-state index in [-0.39, 0.29) is 12.7 Å². The number of hydrogen-bond donors (Lipinski definition) is 1. The third-order valence-electron chi connectivity index (χ3n) is 4.74. The zero-order chi connectivity index (χ0) is 19.0. The Balaban J connectivity index is 1.75. The van der Waals surface area contributed by atoms with Gasteiger partial charge in [0.15, 0.2) is 11.5 Å². The van der Waals surface area contributed by atoms with Gasteiger partial charge in [-0.1, -0.05) is 23.7 Å². The summed E-state index contributed by atoms with van der Waals surface area (Å²) in [6.45, 7) is 2.26. The molecule has 1 aromatic heterocycles. The number of nitrogens with zero attached hydrogens (tertiary/aromatic N) is 1. The molecule has 6 heteroatoms. The molecule has 27 heavy (non-hydrogen) atoms. The zero-order valence-corrected chi connectivity index (χ0v) is 15.9. The van der Waals surface area contributed by atoms with Crippen LogP contribution in [0.5, 0.6) is 11.5 Å². The molecule has 138 valence electrons. The van der Waals surface area contributed by atoms with Gasteiger partial charge >= 0.3 is 0 Å². The molecule has 0 atom stereocenters. The molecule has 2 heterocycles. The Kier molecular flexibility index (Phi) is 4.62. The summed E-state index contributed by atoms with van der Waals surface area (Å²) >= 11 is 6.46. The molecular weight excluding hydrogens is 364 g/mol. The minimum absolute atomic E-state index is 0.0279. The standard InChI is InChI=1S/C21H19ClN2O3/c1-12-7-17(15-9-19-20(10-16(15)22)27-11-26-19)24-18-8-13(3-5-14(12)18)4-6-21(25)23-2/h3,5,7-10H,4,6,11H2,1-2H3,(H,23,25). The quantitative estimate of drug-likeness (QED) is 0.732. The number of halogens is 1. The minimum Gasteiger partial charge on any atom is -0.454 e. The molecular formula is C21H19ClN2O3. The van der Waals surface area contributed by atoms with E-state index in [4.69, 9.17) is 26.1 Å². The van der Waals surface area contributed by atoms with Gasteiger partial charge in [-0.15, -0.1) is 0 Å². The molecule has 5 nitrogen and oxygen atoms in total. The summed E-state index contributed by atoms with van der Waals surface area (Å²) in [5, 5.41) is 4.30. The van der Waals surface area contributed by atoms with E-state index in [0.717, 1.165) is 33.3 Å². The summed E-state index contributed by atoms with van der Waals surface area (Å²) in [7, 11) is 1.65. The Hall–Kier alpha value is -2.79. The van der Waals surface area contributed by atoms with E-state index in [9.17, 15) is 4.79 Å². The summed E-state index contributed by atoms with van der Waals surface area (Å²) in [4.78, 5) is 16.3.